The lowest BCUT2D eigenvalue weighted by atomic mass is 9.98. The van der Waals surface area contributed by atoms with E-state index in [1.807, 2.05) is 6.07 Å². The normalized spacial score (nSPS) is 13.5. The summed E-state index contributed by atoms with van der Waals surface area (Å²) in [6, 6.07) is 6.91. The summed E-state index contributed by atoms with van der Waals surface area (Å²) in [4.78, 5) is 41.1. The second-order valence-electron chi connectivity index (χ2n) is 5.42. The summed E-state index contributed by atoms with van der Waals surface area (Å²) < 4.78 is 0. The summed E-state index contributed by atoms with van der Waals surface area (Å²) in [5.74, 6) is -0.0948. The number of nitrogens with one attached hydrogen (secondary N) is 1. The van der Waals surface area contributed by atoms with Crippen molar-refractivity contribution in [1.29, 1.82) is 0 Å². The third-order valence-corrected chi connectivity index (χ3v) is 3.76. The quantitative estimate of drug-likeness (QED) is 0.770. The number of pyridine rings is 1. The Balaban J connectivity index is 2.05. The van der Waals surface area contributed by atoms with Gasteiger partial charge in [-0.3, -0.25) is 19.6 Å². The Morgan fingerprint density at radius 1 is 1.04 bits per heavy atom. The van der Waals surface area contributed by atoms with Gasteiger partial charge in [-0.15, -0.1) is 0 Å². The number of hydrogen-bond donors (Lipinski definition) is 1. The van der Waals surface area contributed by atoms with E-state index < -0.39 is 5.56 Å². The zero-order chi connectivity index (χ0) is 17.9. The second kappa shape index (κ2) is 6.60. The summed E-state index contributed by atoms with van der Waals surface area (Å²) in [5.41, 5.74) is 1.96. The molecule has 0 unspecified atom stereocenters. The number of carbonyl (C=O) groups excluding carboxylic acids is 1. The van der Waals surface area contributed by atoms with Crippen molar-refractivity contribution in [3.05, 3.63) is 65.1 Å². The number of nitrogens with zero attached hydrogens (tertiary/aromatic N) is 5. The van der Waals surface area contributed by atoms with E-state index in [1.54, 1.807) is 24.4 Å². The lowest BCUT2D eigenvalue weighted by Gasteiger charge is -2.13. The molecule has 0 aromatic carbocycles. The average molecular weight is 343 g/mol. The van der Waals surface area contributed by atoms with E-state index in [1.165, 1.54) is 18.5 Å². The lowest BCUT2D eigenvalue weighted by Crippen LogP contribution is -2.13. The van der Waals surface area contributed by atoms with Gasteiger partial charge in [0.25, 0.3) is 5.56 Å². The van der Waals surface area contributed by atoms with E-state index >= 15 is 0 Å². The van der Waals surface area contributed by atoms with Gasteiger partial charge in [0.1, 0.15) is 11.4 Å². The Hall–Kier alpha value is -3.81. The van der Waals surface area contributed by atoms with Gasteiger partial charge in [0, 0.05) is 36.7 Å². The molecule has 125 valence electrons. The molecule has 0 saturated carbocycles. The number of carbonyl (C=O) groups is 1. The number of aromatic nitrogens is 5. The first-order valence-corrected chi connectivity index (χ1v) is 7.75. The lowest BCUT2D eigenvalue weighted by molar-refractivity contribution is -0.113. The Morgan fingerprint density at radius 3 is 2.69 bits per heavy atom. The minimum Gasteiger partial charge on any atom is -0.294 e. The van der Waals surface area contributed by atoms with Crippen LogP contribution in [0.4, 0.5) is 0 Å². The molecule has 3 aromatic heterocycles. The number of aliphatic imine (C=N–C) groups is 1. The maximum absolute atomic E-state index is 12.4. The number of rotatable bonds is 3. The molecule has 0 bridgehead atoms. The van der Waals surface area contributed by atoms with Crippen LogP contribution in [0.1, 0.15) is 12.1 Å². The van der Waals surface area contributed by atoms with Crippen LogP contribution in [-0.4, -0.2) is 37.1 Å². The summed E-state index contributed by atoms with van der Waals surface area (Å²) in [6.45, 7) is 0. The maximum Gasteiger partial charge on any atom is 0.272 e. The van der Waals surface area contributed by atoms with E-state index in [4.69, 9.17) is 0 Å². The monoisotopic (exact) mass is 343 g/mol. The molecule has 0 amide bonds. The zero-order valence-corrected chi connectivity index (χ0v) is 13.4. The fourth-order valence-electron chi connectivity index (χ4n) is 2.63. The zero-order valence-electron chi connectivity index (χ0n) is 13.4. The van der Waals surface area contributed by atoms with Crippen molar-refractivity contribution in [2.45, 2.75) is 6.42 Å². The number of ketones is 1. The first-order chi connectivity index (χ1) is 12.7. The van der Waals surface area contributed by atoms with Crippen LogP contribution in [0.3, 0.4) is 0 Å². The van der Waals surface area contributed by atoms with E-state index in [9.17, 15) is 9.59 Å². The van der Waals surface area contributed by atoms with Crippen molar-refractivity contribution in [3.8, 4) is 22.5 Å². The highest BCUT2D eigenvalue weighted by atomic mass is 16.1. The van der Waals surface area contributed by atoms with Crippen molar-refractivity contribution >= 4 is 17.7 Å². The molecule has 4 rings (SSSR count). The van der Waals surface area contributed by atoms with Crippen LogP contribution in [-0.2, 0) is 4.79 Å². The summed E-state index contributed by atoms with van der Waals surface area (Å²) in [6.07, 6.45) is 8.81. The van der Waals surface area contributed by atoms with Gasteiger partial charge >= 0.3 is 0 Å². The van der Waals surface area contributed by atoms with Crippen molar-refractivity contribution in [2.75, 3.05) is 0 Å². The third-order valence-electron chi connectivity index (χ3n) is 3.76. The Labute approximate surface area is 147 Å². The van der Waals surface area contributed by atoms with Gasteiger partial charge in [-0.25, -0.2) is 15.1 Å². The van der Waals surface area contributed by atoms with Gasteiger partial charge in [0.15, 0.2) is 12.1 Å². The third kappa shape index (κ3) is 2.84. The fourth-order valence-corrected chi connectivity index (χ4v) is 2.63. The van der Waals surface area contributed by atoms with Crippen molar-refractivity contribution in [1.82, 2.24) is 25.1 Å². The predicted octanol–water partition coefficient (Wildman–Crippen LogP) is 1.47. The molecule has 3 aromatic rings. The molecule has 4 heterocycles. The Kier molecular flexibility index (Phi) is 3.98. The molecule has 0 spiro atoms. The van der Waals surface area contributed by atoms with Gasteiger partial charge < -0.3 is 0 Å². The first-order valence-electron chi connectivity index (χ1n) is 7.75. The predicted molar refractivity (Wildman–Crippen MR) is 94.0 cm³/mol. The first kappa shape index (κ1) is 15.7. The minimum absolute atomic E-state index is 0.0948. The van der Waals surface area contributed by atoms with Crippen molar-refractivity contribution in [2.24, 2.45) is 4.99 Å². The standard InChI is InChI=1S/C18H11N6O2/c25-11-4-7-20-14(9-11)17-15(12-5-8-23-24-18(12)26)16(21-10-22-17)13-3-1-2-6-19-13/h1-3,5-9H,4H2,(H,24,26). The van der Waals surface area contributed by atoms with Crippen LogP contribution in [0.15, 0.2) is 52.5 Å². The molecule has 0 atom stereocenters. The van der Waals surface area contributed by atoms with Crippen LogP contribution in [0, 0.1) is 6.33 Å². The molecule has 1 aliphatic heterocycles. The molecule has 8 heteroatoms. The van der Waals surface area contributed by atoms with Crippen LogP contribution in [0.25, 0.3) is 28.2 Å². The fraction of sp³-hybridized carbons (Fsp3) is 0.0556. The largest absolute Gasteiger partial charge is 0.294 e. The minimum atomic E-state index is -0.410. The van der Waals surface area contributed by atoms with Crippen LogP contribution in [0.2, 0.25) is 0 Å². The van der Waals surface area contributed by atoms with E-state index in [2.05, 4.69) is 36.5 Å². The number of hydrogen-bond acceptors (Lipinski definition) is 7. The van der Waals surface area contributed by atoms with Gasteiger partial charge in [-0.2, -0.15) is 5.10 Å². The molecule has 8 nitrogen and oxygen atoms in total. The molecule has 0 saturated heterocycles. The van der Waals surface area contributed by atoms with Crippen molar-refractivity contribution < 1.29 is 4.79 Å². The smallest absolute Gasteiger partial charge is 0.272 e. The highest BCUT2D eigenvalue weighted by Gasteiger charge is 2.22. The molecular weight excluding hydrogens is 332 g/mol. The van der Waals surface area contributed by atoms with E-state index in [-0.39, 0.29) is 12.2 Å². The van der Waals surface area contributed by atoms with E-state index in [0.717, 1.165) is 0 Å². The number of aromatic amines is 1. The highest BCUT2D eigenvalue weighted by molar-refractivity contribution is 6.08. The number of allylic oxidation sites excluding steroid dienone is 1. The van der Waals surface area contributed by atoms with E-state index in [0.29, 0.717) is 33.9 Å². The maximum atomic E-state index is 12.4. The highest BCUT2D eigenvalue weighted by Crippen LogP contribution is 2.33. The molecule has 26 heavy (non-hydrogen) atoms. The summed E-state index contributed by atoms with van der Waals surface area (Å²) in [5, 5.41) is 6.13. The van der Waals surface area contributed by atoms with Gasteiger partial charge in [0.2, 0.25) is 0 Å². The van der Waals surface area contributed by atoms with Gasteiger partial charge in [0.05, 0.1) is 17.0 Å². The van der Waals surface area contributed by atoms with Crippen LogP contribution >= 0.6 is 0 Å². The second-order valence-corrected chi connectivity index (χ2v) is 5.42. The molecule has 1 radical (unpaired) electrons. The molecule has 0 fully saturated rings. The van der Waals surface area contributed by atoms with Crippen LogP contribution < -0.4 is 5.56 Å². The molecule has 1 N–H and O–H groups in total. The molecular formula is C18H11N6O2. The number of H-pyrrole nitrogens is 1. The molecule has 1 aliphatic rings. The van der Waals surface area contributed by atoms with Crippen molar-refractivity contribution in [3.63, 3.8) is 0 Å². The van der Waals surface area contributed by atoms with Gasteiger partial charge in [-0.05, 0) is 18.2 Å². The average Bonchev–Trinajstić information content (AvgIpc) is 2.69. The Morgan fingerprint density at radius 2 is 1.92 bits per heavy atom. The molecule has 0 aliphatic carbocycles. The van der Waals surface area contributed by atoms with Crippen LogP contribution in [0.5, 0.6) is 0 Å². The SMILES string of the molecule is O=C1C=C(c2n[c]nc(-c3ccccn3)c2-c2ccn[nH]c2=O)N=CC1. The summed E-state index contributed by atoms with van der Waals surface area (Å²) >= 11 is 0. The summed E-state index contributed by atoms with van der Waals surface area (Å²) in [7, 11) is 0. The Bertz CT molecular complexity index is 1100. The topological polar surface area (TPSA) is 114 Å². The van der Waals surface area contributed by atoms with Gasteiger partial charge in [-0.1, -0.05) is 6.07 Å².